The van der Waals surface area contributed by atoms with Crippen LogP contribution in [0, 0.1) is 27.7 Å². The lowest BCUT2D eigenvalue weighted by Gasteiger charge is -2.44. The van der Waals surface area contributed by atoms with Gasteiger partial charge in [0.25, 0.3) is 0 Å². The van der Waals surface area contributed by atoms with E-state index in [1.54, 1.807) is 0 Å². The Balaban J connectivity index is 1.24. The van der Waals surface area contributed by atoms with Crippen LogP contribution in [0.15, 0.2) is 127 Å². The lowest BCUT2D eigenvalue weighted by Crippen LogP contribution is -2.40. The Bertz CT molecular complexity index is 2190. The van der Waals surface area contributed by atoms with Crippen molar-refractivity contribution < 1.29 is 0 Å². The van der Waals surface area contributed by atoms with E-state index in [1.807, 2.05) is 0 Å². The Morgan fingerprint density at radius 2 is 0.904 bits per heavy atom. The molecule has 2 unspecified atom stereocenters. The van der Waals surface area contributed by atoms with E-state index in [-0.39, 0.29) is 16.5 Å². The highest BCUT2D eigenvalue weighted by atomic mass is 15.2. The fourth-order valence-corrected chi connectivity index (χ4v) is 9.06. The number of hydrogen-bond acceptors (Lipinski definition) is 2. The van der Waals surface area contributed by atoms with Crippen LogP contribution in [0.3, 0.4) is 0 Å². The number of anilines is 4. The molecule has 2 aliphatic rings. The molecule has 2 atom stereocenters. The molecule has 0 fully saturated rings. The summed E-state index contributed by atoms with van der Waals surface area (Å²) in [4.78, 5) is 5.16. The van der Waals surface area contributed by atoms with Crippen LogP contribution >= 0.6 is 0 Å². The van der Waals surface area contributed by atoms with Gasteiger partial charge in [-0.15, -0.1) is 0 Å². The summed E-state index contributed by atoms with van der Waals surface area (Å²) >= 11 is 0. The van der Waals surface area contributed by atoms with Gasteiger partial charge in [-0.25, -0.2) is 0 Å². The van der Waals surface area contributed by atoms with E-state index in [2.05, 4.69) is 200 Å². The van der Waals surface area contributed by atoms with Crippen LogP contribution in [0.4, 0.5) is 22.7 Å². The van der Waals surface area contributed by atoms with Crippen LogP contribution in [0.1, 0.15) is 97.5 Å². The molecule has 0 amide bonds. The Kier molecular flexibility index (Phi) is 8.03. The minimum Gasteiger partial charge on any atom is -0.331 e. The molecule has 0 saturated carbocycles. The van der Waals surface area contributed by atoms with Crippen molar-refractivity contribution in [3.05, 3.63) is 177 Å². The Labute approximate surface area is 311 Å². The maximum absolute atomic E-state index is 2.60. The zero-order chi connectivity index (χ0) is 36.6. The maximum Gasteiger partial charge on any atom is 0.0960 e. The van der Waals surface area contributed by atoms with Gasteiger partial charge in [0.05, 0.1) is 11.1 Å². The largest absolute Gasteiger partial charge is 0.331 e. The first kappa shape index (κ1) is 34.0. The summed E-state index contributed by atoms with van der Waals surface area (Å²) in [6.07, 6.45) is 1.96. The van der Waals surface area contributed by atoms with Crippen LogP contribution in [0.5, 0.6) is 0 Å². The summed E-state index contributed by atoms with van der Waals surface area (Å²) < 4.78 is 0. The summed E-state index contributed by atoms with van der Waals surface area (Å²) in [5.74, 6) is 0. The van der Waals surface area contributed by atoms with Crippen molar-refractivity contribution in [1.29, 1.82) is 0 Å². The van der Waals surface area contributed by atoms with Crippen molar-refractivity contribution in [2.45, 2.75) is 91.6 Å². The number of hydrogen-bond donors (Lipinski definition) is 0. The topological polar surface area (TPSA) is 6.48 Å². The van der Waals surface area contributed by atoms with Gasteiger partial charge in [-0.05, 0) is 141 Å². The van der Waals surface area contributed by atoms with E-state index in [0.29, 0.717) is 0 Å². The summed E-state index contributed by atoms with van der Waals surface area (Å²) in [5.41, 5.74) is 19.3. The molecule has 0 aliphatic heterocycles. The molecule has 0 saturated heterocycles. The third-order valence-electron chi connectivity index (χ3n) is 12.5. The molecule has 0 spiro atoms. The lowest BCUT2D eigenvalue weighted by molar-refractivity contribution is 0.462. The predicted octanol–water partition coefficient (Wildman–Crippen LogP) is 13.5. The van der Waals surface area contributed by atoms with E-state index < -0.39 is 0 Å². The van der Waals surface area contributed by atoms with E-state index in [1.165, 1.54) is 83.9 Å². The molecule has 2 nitrogen and oxygen atoms in total. The second-order valence-corrected chi connectivity index (χ2v) is 16.2. The van der Waals surface area contributed by atoms with Gasteiger partial charge in [0.15, 0.2) is 0 Å². The molecular weight excluding hydrogens is 629 g/mol. The number of nitrogens with zero attached hydrogens (tertiary/aromatic N) is 2. The second kappa shape index (κ2) is 12.3. The fraction of sp³-hybridized carbons (Fsp3) is 0.280. The minimum atomic E-state index is -0.266. The third-order valence-corrected chi connectivity index (χ3v) is 12.5. The van der Waals surface area contributed by atoms with Crippen molar-refractivity contribution in [2.24, 2.45) is 0 Å². The normalized spacial score (nSPS) is 17.5. The van der Waals surface area contributed by atoms with Gasteiger partial charge < -0.3 is 9.80 Å². The molecule has 52 heavy (non-hydrogen) atoms. The number of aryl methyl sites for hydroxylation is 4. The SMILES string of the molecule is CCC(C)(c1ccc2c(c1)C(C)(C)c1cc3c(cc1-2)C3(CC)N(c1ccc(C)cc1)c1ccc(C)cc1)N(c1ccc(C)cc1)c1ccc(C)cc1. The highest BCUT2D eigenvalue weighted by molar-refractivity contribution is 5.88. The van der Waals surface area contributed by atoms with E-state index in [4.69, 9.17) is 0 Å². The van der Waals surface area contributed by atoms with Crippen LogP contribution in [0.2, 0.25) is 0 Å². The van der Waals surface area contributed by atoms with Crippen molar-refractivity contribution in [2.75, 3.05) is 9.80 Å². The number of benzene rings is 6. The van der Waals surface area contributed by atoms with Gasteiger partial charge in [0.2, 0.25) is 0 Å². The fourth-order valence-electron chi connectivity index (χ4n) is 9.06. The molecule has 0 bridgehead atoms. The molecule has 0 radical (unpaired) electrons. The molecule has 2 heteroatoms. The Morgan fingerprint density at radius 1 is 0.481 bits per heavy atom. The van der Waals surface area contributed by atoms with Crippen LogP contribution in [-0.2, 0) is 16.5 Å². The molecule has 2 aliphatic carbocycles. The van der Waals surface area contributed by atoms with Crippen molar-refractivity contribution in [3.63, 3.8) is 0 Å². The monoisotopic (exact) mass is 680 g/mol. The van der Waals surface area contributed by atoms with E-state index in [9.17, 15) is 0 Å². The van der Waals surface area contributed by atoms with Crippen LogP contribution in [-0.4, -0.2) is 0 Å². The van der Waals surface area contributed by atoms with Gasteiger partial charge in [-0.3, -0.25) is 0 Å². The third kappa shape index (κ3) is 5.13. The standard InChI is InChI=1S/C50H52N2/c1-10-49(9,51(38-21-12-33(3)13-22-38)39-23-14-34(4)15-24-39)37-20-29-42-43-31-46-47(32-45(43)48(7,8)44(42)30-37)50(46,11-2)52(40-25-16-35(5)17-26-40)41-27-18-36(6)19-28-41/h12-32H,10-11H2,1-9H3. The zero-order valence-corrected chi connectivity index (χ0v) is 32.4. The van der Waals surface area contributed by atoms with Crippen molar-refractivity contribution >= 4 is 22.7 Å². The molecule has 262 valence electrons. The van der Waals surface area contributed by atoms with Gasteiger partial charge in [-0.2, -0.15) is 0 Å². The summed E-state index contributed by atoms with van der Waals surface area (Å²) in [6.45, 7) is 20.6. The van der Waals surface area contributed by atoms with Crippen molar-refractivity contribution in [1.82, 2.24) is 0 Å². The lowest BCUT2D eigenvalue weighted by atomic mass is 9.79. The molecule has 0 N–H and O–H groups in total. The Hall–Kier alpha value is -5.08. The smallest absolute Gasteiger partial charge is 0.0960 e. The predicted molar refractivity (Wildman–Crippen MR) is 222 cm³/mol. The van der Waals surface area contributed by atoms with E-state index >= 15 is 0 Å². The van der Waals surface area contributed by atoms with Gasteiger partial charge in [-0.1, -0.05) is 123 Å². The van der Waals surface area contributed by atoms with Crippen LogP contribution < -0.4 is 9.80 Å². The minimum absolute atomic E-state index is 0.135. The molecular formula is C50H52N2. The second-order valence-electron chi connectivity index (χ2n) is 16.2. The number of rotatable bonds is 9. The van der Waals surface area contributed by atoms with Gasteiger partial charge in [0, 0.05) is 28.2 Å². The number of fused-ring (bicyclic) bond motifs is 4. The first-order valence-corrected chi connectivity index (χ1v) is 19.1. The molecule has 0 heterocycles. The Morgan fingerprint density at radius 3 is 1.35 bits per heavy atom. The molecule has 0 aromatic heterocycles. The van der Waals surface area contributed by atoms with Gasteiger partial charge >= 0.3 is 0 Å². The summed E-state index contributed by atoms with van der Waals surface area (Å²) in [6, 6.07) is 48.7. The van der Waals surface area contributed by atoms with Crippen molar-refractivity contribution in [3.8, 4) is 11.1 Å². The molecule has 8 rings (SSSR count). The maximum atomic E-state index is 2.60. The highest BCUT2D eigenvalue weighted by Gasteiger charge is 2.56. The first-order chi connectivity index (χ1) is 24.9. The zero-order valence-electron chi connectivity index (χ0n) is 32.4. The average molecular weight is 681 g/mol. The average Bonchev–Trinajstić information content (AvgIpc) is 3.73. The van der Waals surface area contributed by atoms with E-state index in [0.717, 1.165) is 12.8 Å². The summed E-state index contributed by atoms with van der Waals surface area (Å²) in [5, 5.41) is 0. The van der Waals surface area contributed by atoms with Crippen LogP contribution in [0.25, 0.3) is 11.1 Å². The first-order valence-electron chi connectivity index (χ1n) is 19.1. The quantitative estimate of drug-likeness (QED) is 0.150. The highest BCUT2D eigenvalue weighted by Crippen LogP contribution is 2.63. The molecule has 6 aromatic carbocycles. The molecule has 6 aromatic rings. The van der Waals surface area contributed by atoms with Gasteiger partial charge in [0.1, 0.15) is 0 Å². The summed E-state index contributed by atoms with van der Waals surface area (Å²) in [7, 11) is 0.